The van der Waals surface area contributed by atoms with Gasteiger partial charge < -0.3 is 9.67 Å². The second-order valence-corrected chi connectivity index (χ2v) is 5.62. The summed E-state index contributed by atoms with van der Waals surface area (Å²) in [5.41, 5.74) is 5.15. The number of nitrogens with zero attached hydrogens (tertiary/aromatic N) is 3. The molecular weight excluding hydrogens is 304 g/mol. The molecule has 0 saturated carbocycles. The zero-order valence-corrected chi connectivity index (χ0v) is 13.3. The second kappa shape index (κ2) is 6.95. The Balaban J connectivity index is 1.60. The molecule has 0 saturated heterocycles. The SMILES string of the molecule is CC(Cn1cnc2ccccc21)C(=O)NN=Cc1cccc(O)c1. The third-order valence-electron chi connectivity index (χ3n) is 3.70. The van der Waals surface area contributed by atoms with Crippen LogP contribution in [0.4, 0.5) is 0 Å². The molecule has 6 heteroatoms. The molecule has 3 rings (SSSR count). The molecule has 0 radical (unpaired) electrons. The normalized spacial score (nSPS) is 12.5. The van der Waals surface area contributed by atoms with Gasteiger partial charge in [-0.25, -0.2) is 10.4 Å². The topological polar surface area (TPSA) is 79.5 Å². The number of fused-ring (bicyclic) bond motifs is 1. The molecule has 2 N–H and O–H groups in total. The largest absolute Gasteiger partial charge is 0.508 e. The monoisotopic (exact) mass is 322 g/mol. The molecule has 2 aromatic carbocycles. The number of hydrazone groups is 1. The van der Waals surface area contributed by atoms with Crippen LogP contribution in [0.3, 0.4) is 0 Å². The van der Waals surface area contributed by atoms with E-state index in [2.05, 4.69) is 15.5 Å². The van der Waals surface area contributed by atoms with Gasteiger partial charge in [0.15, 0.2) is 0 Å². The quantitative estimate of drug-likeness (QED) is 0.559. The summed E-state index contributed by atoms with van der Waals surface area (Å²) in [6.45, 7) is 2.36. The summed E-state index contributed by atoms with van der Waals surface area (Å²) < 4.78 is 1.96. The van der Waals surface area contributed by atoms with Crippen molar-refractivity contribution in [3.8, 4) is 5.75 Å². The van der Waals surface area contributed by atoms with Crippen molar-refractivity contribution in [3.05, 3.63) is 60.4 Å². The van der Waals surface area contributed by atoms with E-state index in [1.54, 1.807) is 30.6 Å². The van der Waals surface area contributed by atoms with Gasteiger partial charge in [0, 0.05) is 6.54 Å². The van der Waals surface area contributed by atoms with E-state index in [1.165, 1.54) is 6.21 Å². The standard InChI is InChI=1S/C18H18N4O2/c1-13(11-22-12-19-16-7-2-3-8-17(16)22)18(24)21-20-10-14-5-4-6-15(23)9-14/h2-10,12-13,23H,11H2,1H3,(H,21,24). The number of amides is 1. The van der Waals surface area contributed by atoms with E-state index in [-0.39, 0.29) is 17.6 Å². The average Bonchev–Trinajstić information content (AvgIpc) is 2.98. The van der Waals surface area contributed by atoms with Crippen molar-refractivity contribution in [1.82, 2.24) is 15.0 Å². The van der Waals surface area contributed by atoms with Gasteiger partial charge in [0.25, 0.3) is 0 Å². The highest BCUT2D eigenvalue weighted by atomic mass is 16.3. The zero-order chi connectivity index (χ0) is 16.9. The van der Waals surface area contributed by atoms with Crippen molar-refractivity contribution < 1.29 is 9.90 Å². The molecule has 1 unspecified atom stereocenters. The first-order valence-corrected chi connectivity index (χ1v) is 7.65. The Kier molecular flexibility index (Phi) is 4.56. The average molecular weight is 322 g/mol. The molecule has 3 aromatic rings. The van der Waals surface area contributed by atoms with Crippen LogP contribution in [0, 0.1) is 5.92 Å². The fourth-order valence-electron chi connectivity index (χ4n) is 2.42. The minimum absolute atomic E-state index is 0.158. The Morgan fingerprint density at radius 3 is 3.00 bits per heavy atom. The Morgan fingerprint density at radius 1 is 1.33 bits per heavy atom. The van der Waals surface area contributed by atoms with Crippen LogP contribution in [0.2, 0.25) is 0 Å². The Labute approximate surface area is 139 Å². The van der Waals surface area contributed by atoms with E-state index in [0.29, 0.717) is 12.1 Å². The zero-order valence-electron chi connectivity index (χ0n) is 13.3. The molecule has 1 heterocycles. The van der Waals surface area contributed by atoms with Crippen molar-refractivity contribution in [2.45, 2.75) is 13.5 Å². The van der Waals surface area contributed by atoms with E-state index in [4.69, 9.17) is 0 Å². The molecule has 1 aromatic heterocycles. The van der Waals surface area contributed by atoms with Gasteiger partial charge in [-0.2, -0.15) is 5.10 Å². The summed E-state index contributed by atoms with van der Waals surface area (Å²) in [5, 5.41) is 13.3. The van der Waals surface area contributed by atoms with E-state index in [1.807, 2.05) is 35.8 Å². The van der Waals surface area contributed by atoms with Gasteiger partial charge in [0.1, 0.15) is 5.75 Å². The first kappa shape index (κ1) is 15.7. The fraction of sp³-hybridized carbons (Fsp3) is 0.167. The van der Waals surface area contributed by atoms with Gasteiger partial charge >= 0.3 is 0 Å². The van der Waals surface area contributed by atoms with Crippen LogP contribution in [0.5, 0.6) is 5.75 Å². The number of phenols is 1. The predicted molar refractivity (Wildman–Crippen MR) is 92.7 cm³/mol. The minimum atomic E-state index is -0.260. The highest BCUT2D eigenvalue weighted by Crippen LogP contribution is 2.14. The summed E-state index contributed by atoms with van der Waals surface area (Å²) >= 11 is 0. The lowest BCUT2D eigenvalue weighted by Crippen LogP contribution is -2.27. The molecule has 6 nitrogen and oxygen atoms in total. The maximum absolute atomic E-state index is 12.2. The van der Waals surface area contributed by atoms with Crippen molar-refractivity contribution in [2.75, 3.05) is 0 Å². The number of hydrogen-bond donors (Lipinski definition) is 2. The molecule has 0 aliphatic rings. The molecular formula is C18H18N4O2. The van der Waals surface area contributed by atoms with Crippen LogP contribution >= 0.6 is 0 Å². The molecule has 1 atom stereocenters. The molecule has 122 valence electrons. The number of carbonyl (C=O) groups is 1. The summed E-state index contributed by atoms with van der Waals surface area (Å²) in [4.78, 5) is 16.5. The molecule has 0 bridgehead atoms. The maximum Gasteiger partial charge on any atom is 0.244 e. The number of hydrogen-bond acceptors (Lipinski definition) is 4. The van der Waals surface area contributed by atoms with Crippen molar-refractivity contribution >= 4 is 23.2 Å². The number of aromatic hydroxyl groups is 1. The lowest BCUT2D eigenvalue weighted by Gasteiger charge is -2.11. The van der Waals surface area contributed by atoms with E-state index in [9.17, 15) is 9.90 Å². The Bertz CT molecular complexity index is 885. The first-order chi connectivity index (χ1) is 11.6. The smallest absolute Gasteiger partial charge is 0.244 e. The molecule has 0 aliphatic carbocycles. The highest BCUT2D eigenvalue weighted by Gasteiger charge is 2.14. The third-order valence-corrected chi connectivity index (χ3v) is 3.70. The van der Waals surface area contributed by atoms with Gasteiger partial charge in [-0.1, -0.05) is 31.2 Å². The third kappa shape index (κ3) is 3.60. The Hall–Kier alpha value is -3.15. The summed E-state index contributed by atoms with van der Waals surface area (Å²) in [6.07, 6.45) is 3.24. The summed E-state index contributed by atoms with van der Waals surface area (Å²) in [5.74, 6) is -0.279. The number of benzene rings is 2. The maximum atomic E-state index is 12.2. The number of nitrogens with one attached hydrogen (secondary N) is 1. The molecule has 0 fully saturated rings. The van der Waals surface area contributed by atoms with Gasteiger partial charge in [-0.05, 0) is 29.8 Å². The van der Waals surface area contributed by atoms with Crippen molar-refractivity contribution in [2.24, 2.45) is 11.0 Å². The van der Waals surface area contributed by atoms with Gasteiger partial charge in [-0.15, -0.1) is 0 Å². The lowest BCUT2D eigenvalue weighted by molar-refractivity contribution is -0.124. The van der Waals surface area contributed by atoms with Crippen LogP contribution in [0.15, 0.2) is 60.0 Å². The Morgan fingerprint density at radius 2 is 2.17 bits per heavy atom. The minimum Gasteiger partial charge on any atom is -0.508 e. The number of aromatic nitrogens is 2. The molecule has 24 heavy (non-hydrogen) atoms. The fourth-order valence-corrected chi connectivity index (χ4v) is 2.42. The van der Waals surface area contributed by atoms with E-state index >= 15 is 0 Å². The van der Waals surface area contributed by atoms with Gasteiger partial charge in [-0.3, -0.25) is 4.79 Å². The van der Waals surface area contributed by atoms with Crippen LogP contribution in [0.1, 0.15) is 12.5 Å². The summed E-state index contributed by atoms with van der Waals surface area (Å²) in [7, 11) is 0. The van der Waals surface area contributed by atoms with Crippen LogP contribution in [-0.4, -0.2) is 26.8 Å². The van der Waals surface area contributed by atoms with E-state index in [0.717, 1.165) is 11.0 Å². The van der Waals surface area contributed by atoms with Crippen molar-refractivity contribution in [3.63, 3.8) is 0 Å². The van der Waals surface area contributed by atoms with Crippen LogP contribution < -0.4 is 5.43 Å². The number of carbonyl (C=O) groups excluding carboxylic acids is 1. The van der Waals surface area contributed by atoms with Gasteiger partial charge in [0.05, 0.1) is 29.5 Å². The van der Waals surface area contributed by atoms with Crippen LogP contribution in [0.25, 0.3) is 11.0 Å². The molecule has 0 aliphatic heterocycles. The lowest BCUT2D eigenvalue weighted by atomic mass is 10.1. The predicted octanol–water partition coefficient (Wildman–Crippen LogP) is 2.53. The van der Waals surface area contributed by atoms with Gasteiger partial charge in [0.2, 0.25) is 5.91 Å². The number of phenolic OH excluding ortho intramolecular Hbond substituents is 1. The summed E-state index contributed by atoms with van der Waals surface area (Å²) in [6, 6.07) is 14.5. The van der Waals surface area contributed by atoms with E-state index < -0.39 is 0 Å². The highest BCUT2D eigenvalue weighted by molar-refractivity contribution is 5.83. The second-order valence-electron chi connectivity index (χ2n) is 5.62. The first-order valence-electron chi connectivity index (χ1n) is 7.65. The molecule has 1 amide bonds. The van der Waals surface area contributed by atoms with Crippen molar-refractivity contribution in [1.29, 1.82) is 0 Å². The number of para-hydroxylation sites is 2. The molecule has 0 spiro atoms. The number of rotatable bonds is 5. The number of imidazole rings is 1. The van der Waals surface area contributed by atoms with Crippen LogP contribution in [-0.2, 0) is 11.3 Å².